The molecule has 0 aliphatic carbocycles. The third-order valence-electron chi connectivity index (χ3n) is 5.39. The molecule has 1 N–H and O–H groups in total. The molecule has 6 nitrogen and oxygen atoms in total. The predicted molar refractivity (Wildman–Crippen MR) is 109 cm³/mol. The summed E-state index contributed by atoms with van der Waals surface area (Å²) in [5.74, 6) is 2.18. The van der Waals surface area contributed by atoms with Gasteiger partial charge in [-0.3, -0.25) is 0 Å². The second-order valence-corrected chi connectivity index (χ2v) is 7.76. The summed E-state index contributed by atoms with van der Waals surface area (Å²) < 4.78 is 30.0. The van der Waals surface area contributed by atoms with E-state index in [9.17, 15) is 5.11 Å². The van der Waals surface area contributed by atoms with Crippen LogP contribution in [-0.4, -0.2) is 38.1 Å². The van der Waals surface area contributed by atoms with Gasteiger partial charge in [0.05, 0.1) is 18.2 Å². The average molecular weight is 398 g/mol. The molecule has 0 spiro atoms. The molecular weight excluding hydrogens is 372 g/mol. The van der Waals surface area contributed by atoms with Gasteiger partial charge in [-0.25, -0.2) is 0 Å². The summed E-state index contributed by atoms with van der Waals surface area (Å²) in [6.07, 6.45) is 2.77. The van der Waals surface area contributed by atoms with Gasteiger partial charge in [0, 0.05) is 20.3 Å². The second-order valence-electron chi connectivity index (χ2n) is 7.76. The molecule has 0 fully saturated rings. The Morgan fingerprint density at radius 1 is 1.00 bits per heavy atom. The monoisotopic (exact) mass is 398 g/mol. The first-order valence-electron chi connectivity index (χ1n) is 9.53. The molecule has 2 aromatic rings. The Morgan fingerprint density at radius 2 is 1.72 bits per heavy atom. The maximum absolute atomic E-state index is 9.65. The quantitative estimate of drug-likeness (QED) is 0.822. The van der Waals surface area contributed by atoms with Crippen LogP contribution < -0.4 is 14.2 Å². The molecule has 3 unspecified atom stereocenters. The molecule has 2 heterocycles. The fourth-order valence-electron chi connectivity index (χ4n) is 4.02. The van der Waals surface area contributed by atoms with Crippen molar-refractivity contribution in [3.8, 4) is 23.0 Å². The Bertz CT molecular complexity index is 931. The van der Waals surface area contributed by atoms with Gasteiger partial charge >= 0.3 is 0 Å². The molecule has 2 aliphatic rings. The smallest absolute Gasteiger partial charge is 0.153 e. The largest absolute Gasteiger partial charge is 0.508 e. The van der Waals surface area contributed by atoms with Crippen LogP contribution in [0.25, 0.3) is 6.08 Å². The molecule has 29 heavy (non-hydrogen) atoms. The van der Waals surface area contributed by atoms with Crippen LogP contribution >= 0.6 is 0 Å². The number of rotatable bonds is 4. The summed E-state index contributed by atoms with van der Waals surface area (Å²) in [7, 11) is 4.91. The van der Waals surface area contributed by atoms with Crippen LogP contribution in [0.4, 0.5) is 0 Å². The Morgan fingerprint density at radius 3 is 2.34 bits per heavy atom. The number of methoxy groups -OCH3 is 3. The number of aromatic hydroxyl groups is 1. The Balaban J connectivity index is 1.88. The Labute approximate surface area is 170 Å². The topological polar surface area (TPSA) is 66.4 Å². The molecular formula is C23H26O6. The van der Waals surface area contributed by atoms with Gasteiger partial charge in [-0.2, -0.15) is 0 Å². The van der Waals surface area contributed by atoms with Crippen LogP contribution in [-0.2, 0) is 9.47 Å². The first-order valence-corrected chi connectivity index (χ1v) is 9.53. The molecule has 0 aromatic heterocycles. The highest BCUT2D eigenvalue weighted by Crippen LogP contribution is 2.53. The van der Waals surface area contributed by atoms with Crippen molar-refractivity contribution in [2.75, 3.05) is 21.3 Å². The van der Waals surface area contributed by atoms with Crippen LogP contribution in [0.3, 0.4) is 0 Å². The van der Waals surface area contributed by atoms with Crippen LogP contribution in [0.5, 0.6) is 23.0 Å². The Hall–Kier alpha value is -2.70. The lowest BCUT2D eigenvalue weighted by Crippen LogP contribution is -2.37. The summed E-state index contributed by atoms with van der Waals surface area (Å²) >= 11 is 0. The van der Waals surface area contributed by atoms with Gasteiger partial charge in [0.1, 0.15) is 40.8 Å². The lowest BCUT2D eigenvalue weighted by Gasteiger charge is -2.40. The summed E-state index contributed by atoms with van der Waals surface area (Å²) in [4.78, 5) is 0. The standard InChI is InChI=1S/C23H26O6/c1-23(2)11-10-15-16(29-23)12-17-18(20(15)25-3)21(26-4)22(27-5)19(28-17)13-6-8-14(24)9-7-13/h6-12,19,21-22,24H,1-5H3. The zero-order chi connectivity index (χ0) is 20.8. The number of fused-ring (bicyclic) bond motifs is 2. The summed E-state index contributed by atoms with van der Waals surface area (Å²) in [6.45, 7) is 3.99. The van der Waals surface area contributed by atoms with E-state index in [1.54, 1.807) is 33.5 Å². The van der Waals surface area contributed by atoms with E-state index >= 15 is 0 Å². The maximum Gasteiger partial charge on any atom is 0.153 e. The van der Waals surface area contributed by atoms with Crippen molar-refractivity contribution in [1.82, 2.24) is 0 Å². The average Bonchev–Trinajstić information content (AvgIpc) is 2.70. The third-order valence-corrected chi connectivity index (χ3v) is 5.39. The van der Waals surface area contributed by atoms with Crippen LogP contribution in [0.15, 0.2) is 36.4 Å². The number of ether oxygens (including phenoxy) is 5. The number of hydrogen-bond donors (Lipinski definition) is 1. The lowest BCUT2D eigenvalue weighted by molar-refractivity contribution is -0.107. The molecule has 154 valence electrons. The highest BCUT2D eigenvalue weighted by atomic mass is 16.6. The Kier molecular flexibility index (Phi) is 4.92. The lowest BCUT2D eigenvalue weighted by atomic mass is 9.88. The summed E-state index contributed by atoms with van der Waals surface area (Å²) in [5.41, 5.74) is 2.10. The molecule has 4 rings (SSSR count). The van der Waals surface area contributed by atoms with Gasteiger partial charge in [-0.1, -0.05) is 12.1 Å². The molecule has 2 aromatic carbocycles. The summed E-state index contributed by atoms with van der Waals surface area (Å²) in [6, 6.07) is 8.80. The highest BCUT2D eigenvalue weighted by molar-refractivity contribution is 5.72. The highest BCUT2D eigenvalue weighted by Gasteiger charge is 2.43. The first-order chi connectivity index (χ1) is 13.9. The van der Waals surface area contributed by atoms with E-state index in [-0.39, 0.29) is 5.75 Å². The van der Waals surface area contributed by atoms with Gasteiger partial charge in [0.2, 0.25) is 0 Å². The van der Waals surface area contributed by atoms with Crippen molar-refractivity contribution in [3.05, 3.63) is 53.1 Å². The minimum absolute atomic E-state index is 0.195. The van der Waals surface area contributed by atoms with Crippen molar-refractivity contribution in [2.45, 2.75) is 37.8 Å². The third kappa shape index (κ3) is 3.32. The fourth-order valence-corrected chi connectivity index (χ4v) is 4.02. The van der Waals surface area contributed by atoms with Crippen molar-refractivity contribution in [2.24, 2.45) is 0 Å². The minimum atomic E-state index is -0.424. The number of hydrogen-bond acceptors (Lipinski definition) is 6. The number of phenolic OH excluding ortho intramolecular Hbond substituents is 1. The van der Waals surface area contributed by atoms with E-state index in [4.69, 9.17) is 23.7 Å². The second kappa shape index (κ2) is 7.28. The van der Waals surface area contributed by atoms with Crippen molar-refractivity contribution < 1.29 is 28.8 Å². The van der Waals surface area contributed by atoms with E-state index in [0.29, 0.717) is 17.2 Å². The molecule has 0 amide bonds. The molecule has 0 radical (unpaired) electrons. The van der Waals surface area contributed by atoms with Gasteiger partial charge in [-0.05, 0) is 43.7 Å². The van der Waals surface area contributed by atoms with Gasteiger partial charge in [0.15, 0.2) is 6.10 Å². The first kappa shape index (κ1) is 19.6. The summed E-state index contributed by atoms with van der Waals surface area (Å²) in [5, 5.41) is 9.65. The zero-order valence-corrected chi connectivity index (χ0v) is 17.3. The van der Waals surface area contributed by atoms with Gasteiger partial charge in [0.25, 0.3) is 0 Å². The zero-order valence-electron chi connectivity index (χ0n) is 17.3. The van der Waals surface area contributed by atoms with Crippen LogP contribution in [0, 0.1) is 0 Å². The van der Waals surface area contributed by atoms with E-state index < -0.39 is 23.9 Å². The van der Waals surface area contributed by atoms with Crippen molar-refractivity contribution in [3.63, 3.8) is 0 Å². The SMILES string of the molecule is COc1c2c(cc3c1C(OC)C(OC)C(c1ccc(O)cc1)O3)OC(C)(C)C=C2. The number of benzene rings is 2. The van der Waals surface area contributed by atoms with E-state index in [2.05, 4.69) is 0 Å². The van der Waals surface area contributed by atoms with Crippen molar-refractivity contribution >= 4 is 6.08 Å². The molecule has 0 saturated carbocycles. The molecule has 0 bridgehead atoms. The molecule has 6 heteroatoms. The van der Waals surface area contributed by atoms with Crippen molar-refractivity contribution in [1.29, 1.82) is 0 Å². The molecule has 3 atom stereocenters. The van der Waals surface area contributed by atoms with Gasteiger partial charge < -0.3 is 28.8 Å². The molecule has 0 saturated heterocycles. The van der Waals surface area contributed by atoms with E-state index in [1.165, 1.54) is 0 Å². The van der Waals surface area contributed by atoms with Crippen LogP contribution in [0.2, 0.25) is 0 Å². The number of phenols is 1. The molecule has 2 aliphatic heterocycles. The minimum Gasteiger partial charge on any atom is -0.508 e. The normalized spacial score (nSPS) is 24.1. The van der Waals surface area contributed by atoms with Gasteiger partial charge in [-0.15, -0.1) is 0 Å². The maximum atomic E-state index is 9.65. The van der Waals surface area contributed by atoms with Crippen LogP contribution in [0.1, 0.15) is 42.7 Å². The van der Waals surface area contributed by atoms with E-state index in [1.807, 2.05) is 44.2 Å². The van der Waals surface area contributed by atoms with E-state index in [0.717, 1.165) is 16.7 Å². The fraction of sp³-hybridized carbons (Fsp3) is 0.391. The predicted octanol–water partition coefficient (Wildman–Crippen LogP) is 4.42.